The fourth-order valence-corrected chi connectivity index (χ4v) is 3.30. The average molecular weight is 349 g/mol. The maximum atomic E-state index is 12.7. The summed E-state index contributed by atoms with van der Waals surface area (Å²) in [6.07, 6.45) is 0. The highest BCUT2D eigenvalue weighted by Gasteiger charge is 2.21. The largest absolute Gasteiger partial charge is 0.378 e. The van der Waals surface area contributed by atoms with Crippen molar-refractivity contribution >= 4 is 27.3 Å². The first kappa shape index (κ1) is 17.8. The maximum absolute atomic E-state index is 12.7. The van der Waals surface area contributed by atoms with Gasteiger partial charge in [-0.15, -0.1) is 0 Å². The molecule has 0 heterocycles. The van der Waals surface area contributed by atoms with Crippen molar-refractivity contribution in [1.82, 2.24) is 5.48 Å². The molecule has 8 heteroatoms. The summed E-state index contributed by atoms with van der Waals surface area (Å²) in [5.41, 5.74) is 3.05. The molecule has 2 N–H and O–H groups in total. The molecule has 0 radical (unpaired) electrons. The van der Waals surface area contributed by atoms with Crippen molar-refractivity contribution in [3.8, 4) is 0 Å². The van der Waals surface area contributed by atoms with E-state index in [9.17, 15) is 13.2 Å². The Labute approximate surface area is 141 Å². The molecule has 0 saturated carbocycles. The van der Waals surface area contributed by atoms with E-state index >= 15 is 0 Å². The Morgan fingerprint density at radius 3 is 1.88 bits per heavy atom. The zero-order valence-electron chi connectivity index (χ0n) is 13.6. The molecule has 1 amide bonds. The number of amides is 1. The number of anilines is 2. The predicted molar refractivity (Wildman–Crippen MR) is 92.1 cm³/mol. The van der Waals surface area contributed by atoms with Crippen LogP contribution in [0.15, 0.2) is 53.4 Å². The molecular weight excluding hydrogens is 330 g/mol. The summed E-state index contributed by atoms with van der Waals surface area (Å²) in [6.45, 7) is 0. The fourth-order valence-electron chi connectivity index (χ4n) is 2.10. The standard InChI is InChI=1S/C16H19N3O4S/c1-18(2)13-8-10-15(11-9-13)24(22,23)19(3)14-6-4-12(5-7-14)16(20)17-21/h4-11,21H,1-3H3,(H,17,20). The van der Waals surface area contributed by atoms with Crippen molar-refractivity contribution < 1.29 is 18.4 Å². The number of hydroxylamine groups is 1. The third-order valence-corrected chi connectivity index (χ3v) is 5.41. The van der Waals surface area contributed by atoms with Crippen molar-refractivity contribution in [3.63, 3.8) is 0 Å². The second kappa shape index (κ2) is 6.90. The lowest BCUT2D eigenvalue weighted by Crippen LogP contribution is -2.26. The van der Waals surface area contributed by atoms with E-state index in [1.165, 1.54) is 36.8 Å². The topological polar surface area (TPSA) is 90.0 Å². The molecule has 128 valence electrons. The van der Waals surface area contributed by atoms with Crippen LogP contribution in [0.4, 0.5) is 11.4 Å². The van der Waals surface area contributed by atoms with Crippen LogP contribution in [0.3, 0.4) is 0 Å². The van der Waals surface area contributed by atoms with E-state index in [0.717, 1.165) is 9.99 Å². The summed E-state index contributed by atoms with van der Waals surface area (Å²) in [5.74, 6) is -0.661. The summed E-state index contributed by atoms with van der Waals surface area (Å²) in [4.78, 5) is 13.4. The smallest absolute Gasteiger partial charge is 0.274 e. The van der Waals surface area contributed by atoms with Crippen molar-refractivity contribution in [3.05, 3.63) is 54.1 Å². The van der Waals surface area contributed by atoms with Gasteiger partial charge < -0.3 is 4.90 Å². The summed E-state index contributed by atoms with van der Waals surface area (Å²) < 4.78 is 26.5. The van der Waals surface area contributed by atoms with Gasteiger partial charge in [-0.05, 0) is 48.5 Å². The molecule has 0 spiro atoms. The van der Waals surface area contributed by atoms with Gasteiger partial charge in [0.25, 0.3) is 15.9 Å². The Bertz CT molecular complexity index is 815. The van der Waals surface area contributed by atoms with Gasteiger partial charge in [0.1, 0.15) is 0 Å². The van der Waals surface area contributed by atoms with E-state index in [2.05, 4.69) is 0 Å². The average Bonchev–Trinajstić information content (AvgIpc) is 2.60. The maximum Gasteiger partial charge on any atom is 0.274 e. The molecule has 0 aromatic heterocycles. The van der Waals surface area contributed by atoms with Crippen molar-refractivity contribution in [2.75, 3.05) is 30.3 Å². The van der Waals surface area contributed by atoms with Crippen LogP contribution in [0.25, 0.3) is 0 Å². The molecule has 0 aliphatic heterocycles. The number of nitrogens with one attached hydrogen (secondary N) is 1. The van der Waals surface area contributed by atoms with Gasteiger partial charge in [-0.2, -0.15) is 0 Å². The van der Waals surface area contributed by atoms with Crippen LogP contribution in [0.5, 0.6) is 0 Å². The molecular formula is C16H19N3O4S. The zero-order valence-corrected chi connectivity index (χ0v) is 14.4. The molecule has 0 fully saturated rings. The number of benzene rings is 2. The van der Waals surface area contributed by atoms with Crippen LogP contribution >= 0.6 is 0 Å². The van der Waals surface area contributed by atoms with Crippen molar-refractivity contribution in [2.45, 2.75) is 4.90 Å². The van der Waals surface area contributed by atoms with Crippen LogP contribution in [0.2, 0.25) is 0 Å². The number of hydrogen-bond donors (Lipinski definition) is 2. The minimum absolute atomic E-state index is 0.174. The van der Waals surface area contributed by atoms with E-state index in [-0.39, 0.29) is 10.5 Å². The number of nitrogens with zero attached hydrogens (tertiary/aromatic N) is 2. The van der Waals surface area contributed by atoms with Crippen LogP contribution in [-0.2, 0) is 10.0 Å². The van der Waals surface area contributed by atoms with E-state index in [0.29, 0.717) is 5.69 Å². The molecule has 0 saturated heterocycles. The number of sulfonamides is 1. The minimum atomic E-state index is -3.71. The van der Waals surface area contributed by atoms with Crippen molar-refractivity contribution in [1.29, 1.82) is 0 Å². The lowest BCUT2D eigenvalue weighted by atomic mass is 10.2. The summed E-state index contributed by atoms with van der Waals surface area (Å²) >= 11 is 0. The van der Waals surface area contributed by atoms with E-state index in [4.69, 9.17) is 5.21 Å². The lowest BCUT2D eigenvalue weighted by Gasteiger charge is -2.20. The van der Waals surface area contributed by atoms with E-state index in [1.807, 2.05) is 19.0 Å². The Kier molecular flexibility index (Phi) is 5.10. The van der Waals surface area contributed by atoms with Gasteiger partial charge in [0, 0.05) is 32.4 Å². The van der Waals surface area contributed by atoms with Gasteiger partial charge in [0.2, 0.25) is 0 Å². The third kappa shape index (κ3) is 3.50. The number of carbonyl (C=O) groups excluding carboxylic acids is 1. The fraction of sp³-hybridized carbons (Fsp3) is 0.188. The lowest BCUT2D eigenvalue weighted by molar-refractivity contribution is 0.0706. The number of carbonyl (C=O) groups is 1. The molecule has 0 unspecified atom stereocenters. The normalized spacial score (nSPS) is 11.0. The molecule has 0 aliphatic carbocycles. The summed E-state index contributed by atoms with van der Waals surface area (Å²) in [7, 11) is 1.48. The Hall–Kier alpha value is -2.58. The van der Waals surface area contributed by atoms with Gasteiger partial charge >= 0.3 is 0 Å². The molecule has 0 atom stereocenters. The Morgan fingerprint density at radius 1 is 0.917 bits per heavy atom. The van der Waals surface area contributed by atoms with Crippen LogP contribution in [0.1, 0.15) is 10.4 Å². The van der Waals surface area contributed by atoms with Gasteiger partial charge in [0.05, 0.1) is 10.6 Å². The van der Waals surface area contributed by atoms with Gasteiger partial charge in [0.15, 0.2) is 0 Å². The second-order valence-corrected chi connectivity index (χ2v) is 7.32. The van der Waals surface area contributed by atoms with Gasteiger partial charge in [-0.25, -0.2) is 13.9 Å². The quantitative estimate of drug-likeness (QED) is 0.633. The molecule has 2 aromatic rings. The highest BCUT2D eigenvalue weighted by Crippen LogP contribution is 2.24. The number of rotatable bonds is 5. The molecule has 0 bridgehead atoms. The monoisotopic (exact) mass is 349 g/mol. The zero-order chi connectivity index (χ0) is 17.9. The first-order valence-electron chi connectivity index (χ1n) is 7.08. The molecule has 2 rings (SSSR count). The second-order valence-electron chi connectivity index (χ2n) is 5.35. The Morgan fingerprint density at radius 2 is 1.42 bits per heavy atom. The minimum Gasteiger partial charge on any atom is -0.378 e. The molecule has 0 aliphatic rings. The first-order valence-corrected chi connectivity index (χ1v) is 8.52. The molecule has 2 aromatic carbocycles. The van der Waals surface area contributed by atoms with Gasteiger partial charge in [-0.1, -0.05) is 0 Å². The summed E-state index contributed by atoms with van der Waals surface area (Å²) in [6, 6.07) is 12.4. The number of hydrogen-bond acceptors (Lipinski definition) is 5. The SMILES string of the molecule is CN(C)c1ccc(S(=O)(=O)N(C)c2ccc(C(=O)NO)cc2)cc1. The van der Waals surface area contributed by atoms with Crippen LogP contribution < -0.4 is 14.7 Å². The van der Waals surface area contributed by atoms with Gasteiger partial charge in [-0.3, -0.25) is 14.3 Å². The molecule has 7 nitrogen and oxygen atoms in total. The molecule has 24 heavy (non-hydrogen) atoms. The highest BCUT2D eigenvalue weighted by molar-refractivity contribution is 7.92. The van der Waals surface area contributed by atoms with E-state index < -0.39 is 15.9 Å². The summed E-state index contributed by atoms with van der Waals surface area (Å²) in [5, 5.41) is 8.60. The highest BCUT2D eigenvalue weighted by atomic mass is 32.2. The Balaban J connectivity index is 2.29. The van der Waals surface area contributed by atoms with Crippen molar-refractivity contribution in [2.24, 2.45) is 0 Å². The third-order valence-electron chi connectivity index (χ3n) is 3.61. The van der Waals surface area contributed by atoms with Crippen LogP contribution in [0, 0.1) is 0 Å². The first-order chi connectivity index (χ1) is 11.3. The predicted octanol–water partition coefficient (Wildman–Crippen LogP) is 1.70. The van der Waals surface area contributed by atoms with Crippen LogP contribution in [-0.4, -0.2) is 40.7 Å². The van der Waals surface area contributed by atoms with E-state index in [1.54, 1.807) is 24.3 Å².